The average molecular weight is 1700 g/mol. The molecule has 11 heteroatoms. The van der Waals surface area contributed by atoms with Gasteiger partial charge in [0.15, 0.2) is 0 Å². The quantitative estimate of drug-likeness (QED) is 0.113. The van der Waals surface area contributed by atoms with Gasteiger partial charge in [0.2, 0.25) is 0 Å². The van der Waals surface area contributed by atoms with Crippen LogP contribution >= 0.6 is 0 Å². The normalized spacial score (nSPS) is 13.5. The first-order valence-electron chi connectivity index (χ1n) is 46.6. The van der Waals surface area contributed by atoms with Crippen LogP contribution in [0.2, 0.25) is 0 Å². The lowest BCUT2D eigenvalue weighted by Crippen LogP contribution is -2.61. The third kappa shape index (κ3) is 12.1. The second-order valence-corrected chi connectivity index (χ2v) is 38.3. The summed E-state index contributed by atoms with van der Waals surface area (Å²) in [5, 5.41) is 2.38. The molecule has 20 aromatic rings. The topological polar surface area (TPSA) is 27.6 Å². The molecule has 0 aliphatic carbocycles. The second kappa shape index (κ2) is 30.2. The molecule has 0 radical (unpaired) electrons. The van der Waals surface area contributed by atoms with Crippen LogP contribution in [0.4, 0.5) is 119 Å². The Morgan fingerprint density at radius 1 is 0.203 bits per heavy atom. The summed E-state index contributed by atoms with van der Waals surface area (Å²) in [5.41, 5.74) is 45.7. The average Bonchev–Trinajstić information content (AvgIpc) is 1.59. The molecule has 0 amide bonds. The Morgan fingerprint density at radius 3 is 1.08 bits per heavy atom. The van der Waals surface area contributed by atoms with E-state index in [1.165, 1.54) is 122 Å². The van der Waals surface area contributed by atoms with Crippen molar-refractivity contribution in [1.82, 2.24) is 4.57 Å². The molecular weight excluding hydrogens is 1610 g/mol. The van der Waals surface area contributed by atoms with Crippen LogP contribution < -0.4 is 83.5 Å². The summed E-state index contributed by atoms with van der Waals surface area (Å²) in [6, 6.07) is 167. The fourth-order valence-electron chi connectivity index (χ4n) is 23.0. The van der Waals surface area contributed by atoms with Crippen LogP contribution in [0.1, 0.15) is 52.7 Å². The minimum atomic E-state index is -0.205. The summed E-state index contributed by atoms with van der Waals surface area (Å²) in [6.45, 7) is 13.9. The number of benzene rings is 19. The maximum absolute atomic E-state index is 2.61. The maximum Gasteiger partial charge on any atom is 0.252 e. The van der Waals surface area contributed by atoms with E-state index < -0.39 is 0 Å². The van der Waals surface area contributed by atoms with Gasteiger partial charge in [-0.15, -0.1) is 0 Å². The van der Waals surface area contributed by atoms with Crippen molar-refractivity contribution in [2.45, 2.75) is 52.4 Å². The Labute approximate surface area is 778 Å². The summed E-state index contributed by atoms with van der Waals surface area (Å²) < 4.78 is 2.53. The predicted octanol–water partition coefficient (Wildman–Crippen LogP) is 26.4. The molecule has 0 saturated heterocycles. The molecule has 6 aliphatic rings. The standard InChI is InChI=1S/C122H91B3N8/c1-121(2,3)82-65-73-107-101(75-82)124-98-50-27-31-54-105(98)128(85-40-17-9-18-41-85)109-57-34-60-112(119(109)124)132(107)90-68-71-96(122(4,5)6)94(76-90)80-62-66-89(67-63-80)126(83-36-13-7-14-37-83)91-69-72-100-116(77-91)133(113-61-35-58-110-120(113)123(100)97-49-26-30-53-104(97)127(110)84-38-15-8-16-39-84)103-52-29-25-48-92(103)81-64-70-93-95-78-102-117(79-115(95)131(114(93)74-81)88-46-23-12-24-47-88)130(87-44-21-11-22-45-87)111-59-33-56-108-118(111)125(102)99-51-28-32-55-106(99)129(108)86-42-19-10-20-43-86/h7-79H,1-6H3. The minimum Gasteiger partial charge on any atom is -0.311 e. The summed E-state index contributed by atoms with van der Waals surface area (Å²) in [6.07, 6.45) is 0. The van der Waals surface area contributed by atoms with Gasteiger partial charge in [-0.3, -0.25) is 0 Å². The van der Waals surface area contributed by atoms with E-state index >= 15 is 0 Å². The number of hydrogen-bond acceptors (Lipinski definition) is 7. The van der Waals surface area contributed by atoms with Crippen LogP contribution in [0.5, 0.6) is 0 Å². The molecule has 0 spiro atoms. The van der Waals surface area contributed by atoms with Crippen LogP contribution in [-0.2, 0) is 10.8 Å². The Balaban J connectivity index is 0.640. The molecule has 6 aliphatic heterocycles. The lowest BCUT2D eigenvalue weighted by atomic mass is 9.33. The number of para-hydroxylation sites is 10. The van der Waals surface area contributed by atoms with Crippen molar-refractivity contribution in [3.63, 3.8) is 0 Å². The number of nitrogens with zero attached hydrogens (tertiary/aromatic N) is 8. The van der Waals surface area contributed by atoms with Crippen molar-refractivity contribution in [3.8, 4) is 27.9 Å². The van der Waals surface area contributed by atoms with E-state index in [4.69, 9.17) is 0 Å². The number of anilines is 21. The van der Waals surface area contributed by atoms with Gasteiger partial charge in [0.05, 0.1) is 16.7 Å². The van der Waals surface area contributed by atoms with Crippen LogP contribution in [0.25, 0.3) is 49.7 Å². The molecule has 26 rings (SSSR count). The molecular formula is C122H91B3N8. The number of aromatic nitrogens is 1. The van der Waals surface area contributed by atoms with Gasteiger partial charge in [0, 0.05) is 136 Å². The highest BCUT2D eigenvalue weighted by atomic mass is 15.2. The van der Waals surface area contributed by atoms with Crippen LogP contribution in [0.15, 0.2) is 443 Å². The van der Waals surface area contributed by atoms with E-state index in [0.717, 1.165) is 107 Å². The fraction of sp³-hybridized carbons (Fsp3) is 0.0656. The van der Waals surface area contributed by atoms with Gasteiger partial charge in [-0.05, 0) is 276 Å². The van der Waals surface area contributed by atoms with Gasteiger partial charge in [-0.25, -0.2) is 0 Å². The summed E-state index contributed by atoms with van der Waals surface area (Å²) in [5.74, 6) is 0. The first-order valence-corrected chi connectivity index (χ1v) is 46.6. The van der Waals surface area contributed by atoms with Gasteiger partial charge in [0.1, 0.15) is 0 Å². The third-order valence-electron chi connectivity index (χ3n) is 28.7. The summed E-state index contributed by atoms with van der Waals surface area (Å²) in [4.78, 5) is 17.6. The molecule has 133 heavy (non-hydrogen) atoms. The molecule has 19 aromatic carbocycles. The fourth-order valence-corrected chi connectivity index (χ4v) is 23.0. The Kier molecular flexibility index (Phi) is 17.7. The zero-order chi connectivity index (χ0) is 88.6. The molecule has 8 nitrogen and oxygen atoms in total. The third-order valence-corrected chi connectivity index (χ3v) is 28.7. The van der Waals surface area contributed by atoms with E-state index in [2.05, 4.69) is 523 Å². The van der Waals surface area contributed by atoms with Crippen molar-refractivity contribution in [2.75, 3.05) is 34.3 Å². The highest BCUT2D eigenvalue weighted by Crippen LogP contribution is 2.54. The summed E-state index contributed by atoms with van der Waals surface area (Å²) in [7, 11) is 0. The monoisotopic (exact) mass is 1700 g/mol. The zero-order valence-electron chi connectivity index (χ0n) is 75.0. The Hall–Kier alpha value is -16.2. The largest absolute Gasteiger partial charge is 0.311 e. The lowest BCUT2D eigenvalue weighted by Gasteiger charge is -2.44. The first kappa shape index (κ1) is 77.9. The van der Waals surface area contributed by atoms with Gasteiger partial charge in [0.25, 0.3) is 20.1 Å². The van der Waals surface area contributed by atoms with Crippen molar-refractivity contribution in [2.24, 2.45) is 0 Å². The molecule has 1 aromatic heterocycles. The molecule has 0 fully saturated rings. The smallest absolute Gasteiger partial charge is 0.252 e. The molecule has 0 unspecified atom stereocenters. The van der Waals surface area contributed by atoms with Gasteiger partial charge in [-0.1, -0.05) is 296 Å². The van der Waals surface area contributed by atoms with E-state index in [0.29, 0.717) is 0 Å². The Morgan fingerprint density at radius 2 is 0.579 bits per heavy atom. The predicted molar refractivity (Wildman–Crippen MR) is 566 cm³/mol. The first-order chi connectivity index (χ1) is 65.3. The highest BCUT2D eigenvalue weighted by molar-refractivity contribution is 7.02. The van der Waals surface area contributed by atoms with Crippen molar-refractivity contribution in [3.05, 3.63) is 454 Å². The SMILES string of the molecule is CC(C)(C)c1ccc2c(c1)B1c3ccccc3N(c3ccccc3)c3cccc(c31)N2c1ccc(C(C)(C)C)c(-c2ccc(N(c3ccccc3)c3ccc4c(c3)N(c3ccccc3-c3ccc5c6cc7c(cc6n(-c6ccccc6)c5c3)N(c3ccccc3)c3cccc5c3B7c3ccccc3N5c3ccccc3)c3cccc5c3B4c3ccccc3N5c3ccccc3)cc2)c1. The molecule has 0 bridgehead atoms. The van der Waals surface area contributed by atoms with Crippen molar-refractivity contribution in [1.29, 1.82) is 0 Å². The Bertz CT molecular complexity index is 8090. The van der Waals surface area contributed by atoms with Gasteiger partial charge >= 0.3 is 0 Å². The zero-order valence-corrected chi connectivity index (χ0v) is 75.0. The van der Waals surface area contributed by atoms with Crippen molar-refractivity contribution >= 4 is 211 Å². The van der Waals surface area contributed by atoms with Crippen LogP contribution in [0, 0.1) is 0 Å². The molecule has 0 atom stereocenters. The van der Waals surface area contributed by atoms with Crippen LogP contribution in [0.3, 0.4) is 0 Å². The maximum atomic E-state index is 2.61. The van der Waals surface area contributed by atoms with E-state index in [-0.39, 0.29) is 31.0 Å². The summed E-state index contributed by atoms with van der Waals surface area (Å²) >= 11 is 0. The van der Waals surface area contributed by atoms with Crippen molar-refractivity contribution < 1.29 is 0 Å². The van der Waals surface area contributed by atoms with Gasteiger partial charge < -0.3 is 38.9 Å². The molecule has 0 saturated carbocycles. The van der Waals surface area contributed by atoms with E-state index in [9.17, 15) is 0 Å². The van der Waals surface area contributed by atoms with Crippen LogP contribution in [-0.4, -0.2) is 24.7 Å². The second-order valence-electron chi connectivity index (χ2n) is 38.3. The number of fused-ring (bicyclic) bond motifs is 15. The molecule has 7 heterocycles. The van der Waals surface area contributed by atoms with Gasteiger partial charge in [-0.2, -0.15) is 0 Å². The highest BCUT2D eigenvalue weighted by Gasteiger charge is 2.48. The number of rotatable bonds is 12. The van der Waals surface area contributed by atoms with E-state index in [1.807, 2.05) is 0 Å². The molecule has 0 N–H and O–H groups in total. The number of hydrogen-bond donors (Lipinski definition) is 0. The lowest BCUT2D eigenvalue weighted by molar-refractivity contribution is 0.591. The molecule has 628 valence electrons. The van der Waals surface area contributed by atoms with E-state index in [1.54, 1.807) is 0 Å². The minimum absolute atomic E-state index is 0.00970.